The maximum Gasteiger partial charge on any atom is 0.404 e. The summed E-state index contributed by atoms with van der Waals surface area (Å²) in [6.07, 6.45) is -1.78. The molecule has 1 aromatic heterocycles. The molecule has 2 rings (SSSR count). The summed E-state index contributed by atoms with van der Waals surface area (Å²) in [5.74, 6) is -0.581. The molecule has 1 aromatic rings. The van der Waals surface area contributed by atoms with Crippen molar-refractivity contribution in [3.8, 4) is 0 Å². The summed E-state index contributed by atoms with van der Waals surface area (Å²) < 4.78 is 39.0. The van der Waals surface area contributed by atoms with E-state index in [2.05, 4.69) is 20.6 Å². The second-order valence-electron chi connectivity index (χ2n) is 4.23. The zero-order valence-corrected chi connectivity index (χ0v) is 9.47. The van der Waals surface area contributed by atoms with Crippen LogP contribution in [0.15, 0.2) is 12.4 Å². The molecule has 100 valence electrons. The summed E-state index contributed by atoms with van der Waals surface area (Å²) >= 11 is 0. The van der Waals surface area contributed by atoms with E-state index >= 15 is 0 Å². The van der Waals surface area contributed by atoms with Crippen LogP contribution in [0.1, 0.15) is 12.2 Å². The molecular formula is C10H13F3N4O. The van der Waals surface area contributed by atoms with Gasteiger partial charge in [0.05, 0.1) is 6.54 Å². The number of carbonyl (C=O) groups excluding carboxylic acids is 1. The molecule has 1 fully saturated rings. The number of rotatable bonds is 3. The highest BCUT2D eigenvalue weighted by Crippen LogP contribution is 2.43. The average molecular weight is 262 g/mol. The van der Waals surface area contributed by atoms with Crippen LogP contribution in [0.4, 0.5) is 13.2 Å². The number of nitrogens with one attached hydrogen (secondary N) is 3. The van der Waals surface area contributed by atoms with Gasteiger partial charge in [0.1, 0.15) is 5.82 Å². The Bertz CT molecular complexity index is 409. The van der Waals surface area contributed by atoms with Crippen molar-refractivity contribution in [2.24, 2.45) is 5.41 Å². The lowest BCUT2D eigenvalue weighted by atomic mass is 9.85. The van der Waals surface area contributed by atoms with Gasteiger partial charge in [-0.05, 0) is 13.0 Å². The SMILES string of the molecule is O=C(NCc1ncc[nH]1)C1(C(F)(F)F)CCNC1. The Balaban J connectivity index is 2.05. The molecule has 18 heavy (non-hydrogen) atoms. The van der Waals surface area contributed by atoms with Crippen molar-refractivity contribution in [3.63, 3.8) is 0 Å². The number of alkyl halides is 3. The molecule has 1 aliphatic heterocycles. The Morgan fingerprint density at radius 2 is 2.33 bits per heavy atom. The number of halogens is 3. The second kappa shape index (κ2) is 4.60. The van der Waals surface area contributed by atoms with E-state index in [1.54, 1.807) is 0 Å². The molecule has 0 aromatic carbocycles. The molecule has 8 heteroatoms. The highest BCUT2D eigenvalue weighted by molar-refractivity contribution is 5.84. The van der Waals surface area contributed by atoms with Crippen molar-refractivity contribution in [1.82, 2.24) is 20.6 Å². The fourth-order valence-electron chi connectivity index (χ4n) is 1.98. The molecule has 0 radical (unpaired) electrons. The smallest absolute Gasteiger partial charge is 0.348 e. The molecule has 1 unspecified atom stereocenters. The second-order valence-corrected chi connectivity index (χ2v) is 4.23. The maximum absolute atomic E-state index is 13.0. The van der Waals surface area contributed by atoms with Gasteiger partial charge in [-0.25, -0.2) is 4.98 Å². The van der Waals surface area contributed by atoms with Gasteiger partial charge in [-0.2, -0.15) is 13.2 Å². The molecule has 5 nitrogen and oxygen atoms in total. The van der Waals surface area contributed by atoms with Crippen LogP contribution in [0.25, 0.3) is 0 Å². The van der Waals surface area contributed by atoms with Crippen LogP contribution in [0.5, 0.6) is 0 Å². The fourth-order valence-corrected chi connectivity index (χ4v) is 1.98. The van der Waals surface area contributed by atoms with Crippen LogP contribution < -0.4 is 10.6 Å². The van der Waals surface area contributed by atoms with Crippen LogP contribution in [0, 0.1) is 5.41 Å². The topological polar surface area (TPSA) is 69.8 Å². The average Bonchev–Trinajstić information content (AvgIpc) is 2.96. The Morgan fingerprint density at radius 3 is 2.83 bits per heavy atom. The van der Waals surface area contributed by atoms with Gasteiger partial charge in [-0.15, -0.1) is 0 Å². The first-order valence-electron chi connectivity index (χ1n) is 5.50. The van der Waals surface area contributed by atoms with E-state index in [1.807, 2.05) is 0 Å². The van der Waals surface area contributed by atoms with Crippen molar-refractivity contribution < 1.29 is 18.0 Å². The van der Waals surface area contributed by atoms with Crippen molar-refractivity contribution in [2.75, 3.05) is 13.1 Å². The number of H-pyrrole nitrogens is 1. The molecule has 0 spiro atoms. The number of imidazole rings is 1. The van der Waals surface area contributed by atoms with E-state index in [-0.39, 0.29) is 26.1 Å². The Morgan fingerprint density at radius 1 is 1.56 bits per heavy atom. The predicted octanol–water partition coefficient (Wildman–Crippen LogP) is 0.568. The molecule has 3 N–H and O–H groups in total. The van der Waals surface area contributed by atoms with Crippen molar-refractivity contribution in [3.05, 3.63) is 18.2 Å². The zero-order chi connectivity index (χ0) is 13.2. The van der Waals surface area contributed by atoms with Crippen molar-refractivity contribution in [1.29, 1.82) is 0 Å². The third-order valence-electron chi connectivity index (χ3n) is 3.10. The zero-order valence-electron chi connectivity index (χ0n) is 9.47. The number of nitrogens with zero attached hydrogens (tertiary/aromatic N) is 1. The molecule has 0 saturated carbocycles. The molecule has 1 saturated heterocycles. The number of hydrogen-bond acceptors (Lipinski definition) is 3. The van der Waals surface area contributed by atoms with Crippen LogP contribution >= 0.6 is 0 Å². The van der Waals surface area contributed by atoms with Crippen molar-refractivity contribution in [2.45, 2.75) is 19.1 Å². The molecule has 1 aliphatic rings. The predicted molar refractivity (Wildman–Crippen MR) is 56.4 cm³/mol. The largest absolute Gasteiger partial charge is 0.404 e. The monoisotopic (exact) mass is 262 g/mol. The molecular weight excluding hydrogens is 249 g/mol. The number of carbonyl (C=O) groups is 1. The van der Waals surface area contributed by atoms with Crippen LogP contribution in [-0.2, 0) is 11.3 Å². The van der Waals surface area contributed by atoms with Gasteiger partial charge < -0.3 is 15.6 Å². The van der Waals surface area contributed by atoms with E-state index in [4.69, 9.17) is 0 Å². The van der Waals surface area contributed by atoms with Gasteiger partial charge in [0.2, 0.25) is 5.91 Å². The van der Waals surface area contributed by atoms with E-state index in [1.165, 1.54) is 12.4 Å². The van der Waals surface area contributed by atoms with Gasteiger partial charge in [0, 0.05) is 18.9 Å². The quantitative estimate of drug-likeness (QED) is 0.745. The first kappa shape index (κ1) is 12.9. The lowest BCUT2D eigenvalue weighted by Crippen LogP contribution is -2.52. The van der Waals surface area contributed by atoms with Gasteiger partial charge in [0.15, 0.2) is 5.41 Å². The van der Waals surface area contributed by atoms with E-state index in [0.717, 1.165) is 0 Å². The van der Waals surface area contributed by atoms with E-state index < -0.39 is 17.5 Å². The third-order valence-corrected chi connectivity index (χ3v) is 3.10. The molecule has 1 amide bonds. The van der Waals surface area contributed by atoms with Crippen LogP contribution in [0.2, 0.25) is 0 Å². The first-order chi connectivity index (χ1) is 8.46. The number of hydrogen-bond donors (Lipinski definition) is 3. The van der Waals surface area contributed by atoms with Gasteiger partial charge >= 0.3 is 6.18 Å². The van der Waals surface area contributed by atoms with E-state index in [9.17, 15) is 18.0 Å². The van der Waals surface area contributed by atoms with Crippen LogP contribution in [-0.4, -0.2) is 35.1 Å². The summed E-state index contributed by atoms with van der Waals surface area (Å²) in [7, 11) is 0. The van der Waals surface area contributed by atoms with Gasteiger partial charge in [0.25, 0.3) is 0 Å². The molecule has 0 aliphatic carbocycles. The van der Waals surface area contributed by atoms with Crippen molar-refractivity contribution >= 4 is 5.91 Å². The summed E-state index contributed by atoms with van der Waals surface area (Å²) in [4.78, 5) is 18.3. The van der Waals surface area contributed by atoms with Gasteiger partial charge in [-0.3, -0.25) is 4.79 Å². The standard InChI is InChI=1S/C10H13F3N4O/c11-10(12,13)9(1-2-14-6-9)8(18)17-5-7-15-3-4-16-7/h3-4,14H,1-2,5-6H2,(H,15,16)(H,17,18). The Hall–Kier alpha value is -1.57. The summed E-state index contributed by atoms with van der Waals surface area (Å²) in [6.45, 7) is -0.224. The Labute approximate surface area is 101 Å². The summed E-state index contributed by atoms with van der Waals surface area (Å²) in [5, 5.41) is 4.87. The fraction of sp³-hybridized carbons (Fsp3) is 0.600. The number of aromatic amines is 1. The lowest BCUT2D eigenvalue weighted by Gasteiger charge is -2.29. The third kappa shape index (κ3) is 2.20. The normalized spacial score (nSPS) is 24.2. The Kier molecular flexibility index (Phi) is 3.29. The maximum atomic E-state index is 13.0. The minimum absolute atomic E-state index is 0.0380. The number of aromatic nitrogens is 2. The lowest BCUT2D eigenvalue weighted by molar-refractivity contribution is -0.216. The minimum atomic E-state index is -4.55. The highest BCUT2D eigenvalue weighted by Gasteiger charge is 2.61. The van der Waals surface area contributed by atoms with Crippen LogP contribution in [0.3, 0.4) is 0 Å². The molecule has 1 atom stereocenters. The highest BCUT2D eigenvalue weighted by atomic mass is 19.4. The summed E-state index contributed by atoms with van der Waals surface area (Å²) in [6, 6.07) is 0. The number of amides is 1. The molecule has 2 heterocycles. The molecule has 0 bridgehead atoms. The summed E-state index contributed by atoms with van der Waals surface area (Å²) in [5.41, 5.74) is -2.32. The van der Waals surface area contributed by atoms with E-state index in [0.29, 0.717) is 5.82 Å². The minimum Gasteiger partial charge on any atom is -0.348 e. The first-order valence-corrected chi connectivity index (χ1v) is 5.50. The van der Waals surface area contributed by atoms with Gasteiger partial charge in [-0.1, -0.05) is 0 Å².